The molecule has 2 aromatic rings. The van der Waals surface area contributed by atoms with Crippen molar-refractivity contribution in [2.45, 2.75) is 19.4 Å². The third-order valence-electron chi connectivity index (χ3n) is 5.01. The van der Waals surface area contributed by atoms with E-state index in [1.54, 1.807) is 17.9 Å². The molecular formula is C20H28ClN5O2. The van der Waals surface area contributed by atoms with Crippen molar-refractivity contribution >= 4 is 24.2 Å². The number of nitrogens with one attached hydrogen (secondary N) is 1. The number of carbonyl (C=O) groups is 2. The van der Waals surface area contributed by atoms with Gasteiger partial charge in [-0.25, -0.2) is 0 Å². The summed E-state index contributed by atoms with van der Waals surface area (Å²) < 4.78 is 1.69. The van der Waals surface area contributed by atoms with Crippen molar-refractivity contribution in [2.24, 2.45) is 7.05 Å². The number of rotatable bonds is 5. The fourth-order valence-electron chi connectivity index (χ4n) is 3.37. The van der Waals surface area contributed by atoms with Crippen LogP contribution in [-0.4, -0.2) is 64.6 Å². The van der Waals surface area contributed by atoms with E-state index in [4.69, 9.17) is 0 Å². The average Bonchev–Trinajstić information content (AvgIpc) is 3.10. The number of amides is 2. The molecule has 0 spiro atoms. The molecule has 0 radical (unpaired) electrons. The summed E-state index contributed by atoms with van der Waals surface area (Å²) in [5, 5.41) is 7.22. The van der Waals surface area contributed by atoms with Gasteiger partial charge < -0.3 is 15.1 Å². The summed E-state index contributed by atoms with van der Waals surface area (Å²) in [5.74, 6) is 0.138. The van der Waals surface area contributed by atoms with Crippen LogP contribution in [0.15, 0.2) is 36.7 Å². The molecule has 1 N–H and O–H groups in total. The van der Waals surface area contributed by atoms with E-state index in [0.29, 0.717) is 32.6 Å². The molecule has 0 saturated carbocycles. The number of hydrogen-bond donors (Lipinski definition) is 1. The Morgan fingerprint density at radius 1 is 1.11 bits per heavy atom. The number of halogens is 1. The lowest BCUT2D eigenvalue weighted by Crippen LogP contribution is -2.53. The third kappa shape index (κ3) is 5.11. The fourth-order valence-corrected chi connectivity index (χ4v) is 3.37. The molecule has 1 aromatic heterocycles. The molecule has 1 atom stereocenters. The zero-order valence-electron chi connectivity index (χ0n) is 16.6. The van der Waals surface area contributed by atoms with Crippen molar-refractivity contribution in [2.75, 3.05) is 33.2 Å². The van der Waals surface area contributed by atoms with E-state index in [2.05, 4.69) is 10.4 Å². The van der Waals surface area contributed by atoms with Crippen LogP contribution in [0.3, 0.4) is 0 Å². The third-order valence-corrected chi connectivity index (χ3v) is 5.01. The maximum absolute atomic E-state index is 12.9. The topological polar surface area (TPSA) is 70.5 Å². The van der Waals surface area contributed by atoms with E-state index in [9.17, 15) is 9.59 Å². The Kier molecular flexibility index (Phi) is 7.60. The molecule has 7 nitrogen and oxygen atoms in total. The molecule has 1 unspecified atom stereocenters. The van der Waals surface area contributed by atoms with Crippen LogP contribution in [0.2, 0.25) is 0 Å². The summed E-state index contributed by atoms with van der Waals surface area (Å²) in [6.07, 6.45) is 3.96. The molecule has 1 aliphatic heterocycles. The Balaban J connectivity index is 0.00000280. The van der Waals surface area contributed by atoms with Crippen LogP contribution in [0.4, 0.5) is 0 Å². The maximum Gasteiger partial charge on any atom is 0.244 e. The Morgan fingerprint density at radius 3 is 2.25 bits per heavy atom. The summed E-state index contributed by atoms with van der Waals surface area (Å²) in [6.45, 7) is 4.28. The highest BCUT2D eigenvalue weighted by atomic mass is 35.5. The molecule has 3 rings (SSSR count). The van der Waals surface area contributed by atoms with E-state index in [0.717, 1.165) is 11.1 Å². The minimum Gasteiger partial charge on any atom is -0.339 e. The molecule has 2 heterocycles. The van der Waals surface area contributed by atoms with E-state index >= 15 is 0 Å². The van der Waals surface area contributed by atoms with Crippen LogP contribution >= 0.6 is 12.4 Å². The van der Waals surface area contributed by atoms with Crippen molar-refractivity contribution in [3.63, 3.8) is 0 Å². The van der Waals surface area contributed by atoms with Crippen molar-refractivity contribution in [1.29, 1.82) is 0 Å². The Labute approximate surface area is 172 Å². The fraction of sp³-hybridized carbons (Fsp3) is 0.450. The minimum absolute atomic E-state index is 0. The summed E-state index contributed by atoms with van der Waals surface area (Å²) in [4.78, 5) is 29.1. The number of aromatic nitrogens is 2. The number of likely N-dealkylation sites (N-methyl/N-ethyl adjacent to an activating group) is 1. The number of hydrogen-bond acceptors (Lipinski definition) is 4. The zero-order chi connectivity index (χ0) is 19.4. The van der Waals surface area contributed by atoms with Gasteiger partial charge in [0, 0.05) is 45.0 Å². The van der Waals surface area contributed by atoms with Crippen molar-refractivity contribution in [1.82, 2.24) is 24.9 Å². The smallest absolute Gasteiger partial charge is 0.244 e. The van der Waals surface area contributed by atoms with Gasteiger partial charge in [-0.05, 0) is 19.5 Å². The SMILES string of the molecule is CNC(C(=O)N1CCN(C(=O)Cc2ccc(C)cc2)CC1)c1cnn(C)c1.Cl. The van der Waals surface area contributed by atoms with Crippen LogP contribution in [0, 0.1) is 6.92 Å². The van der Waals surface area contributed by atoms with Gasteiger partial charge in [0.2, 0.25) is 11.8 Å². The summed E-state index contributed by atoms with van der Waals surface area (Å²) in [7, 11) is 3.61. The number of nitrogens with zero attached hydrogens (tertiary/aromatic N) is 4. The maximum atomic E-state index is 12.9. The largest absolute Gasteiger partial charge is 0.339 e. The lowest BCUT2D eigenvalue weighted by molar-refractivity contribution is -0.140. The Bertz CT molecular complexity index is 797. The van der Waals surface area contributed by atoms with Gasteiger partial charge >= 0.3 is 0 Å². The van der Waals surface area contributed by atoms with Crippen LogP contribution in [0.1, 0.15) is 22.7 Å². The van der Waals surface area contributed by atoms with E-state index < -0.39 is 6.04 Å². The predicted molar refractivity (Wildman–Crippen MR) is 110 cm³/mol. The zero-order valence-corrected chi connectivity index (χ0v) is 17.4. The normalized spacial score (nSPS) is 15.1. The minimum atomic E-state index is -0.409. The lowest BCUT2D eigenvalue weighted by Gasteiger charge is -2.36. The first-order valence-corrected chi connectivity index (χ1v) is 9.26. The van der Waals surface area contributed by atoms with E-state index in [1.165, 1.54) is 5.56 Å². The second-order valence-corrected chi connectivity index (χ2v) is 7.04. The Morgan fingerprint density at radius 2 is 1.71 bits per heavy atom. The highest BCUT2D eigenvalue weighted by Gasteiger charge is 2.29. The first-order chi connectivity index (χ1) is 13.0. The van der Waals surface area contributed by atoms with Gasteiger partial charge in [-0.15, -0.1) is 12.4 Å². The van der Waals surface area contributed by atoms with Crippen molar-refractivity contribution in [3.8, 4) is 0 Å². The number of aryl methyl sites for hydroxylation is 2. The highest BCUT2D eigenvalue weighted by Crippen LogP contribution is 2.16. The van der Waals surface area contributed by atoms with E-state index in [1.807, 2.05) is 54.2 Å². The second kappa shape index (κ2) is 9.71. The van der Waals surface area contributed by atoms with Gasteiger partial charge in [-0.2, -0.15) is 5.10 Å². The molecule has 8 heteroatoms. The quantitative estimate of drug-likeness (QED) is 0.814. The van der Waals surface area contributed by atoms with Crippen LogP contribution in [0.5, 0.6) is 0 Å². The first kappa shape index (κ1) is 21.9. The molecule has 2 amide bonds. The summed E-state index contributed by atoms with van der Waals surface area (Å²) in [6, 6.07) is 7.63. The Hall–Kier alpha value is -2.38. The van der Waals surface area contributed by atoms with Gasteiger partial charge in [0.05, 0.1) is 12.6 Å². The van der Waals surface area contributed by atoms with Crippen molar-refractivity contribution < 1.29 is 9.59 Å². The predicted octanol–water partition coefficient (Wildman–Crippen LogP) is 1.32. The van der Waals surface area contributed by atoms with Gasteiger partial charge in [0.1, 0.15) is 6.04 Å². The van der Waals surface area contributed by atoms with Gasteiger partial charge in [0.15, 0.2) is 0 Å². The van der Waals surface area contributed by atoms with Crippen LogP contribution in [-0.2, 0) is 23.1 Å². The second-order valence-electron chi connectivity index (χ2n) is 7.04. The van der Waals surface area contributed by atoms with Gasteiger partial charge in [0.25, 0.3) is 0 Å². The van der Waals surface area contributed by atoms with Crippen LogP contribution < -0.4 is 5.32 Å². The first-order valence-electron chi connectivity index (χ1n) is 9.26. The molecule has 152 valence electrons. The molecule has 28 heavy (non-hydrogen) atoms. The monoisotopic (exact) mass is 405 g/mol. The molecular weight excluding hydrogens is 378 g/mol. The van der Waals surface area contributed by atoms with Gasteiger partial charge in [-0.3, -0.25) is 14.3 Å². The average molecular weight is 406 g/mol. The summed E-state index contributed by atoms with van der Waals surface area (Å²) in [5.41, 5.74) is 3.06. The van der Waals surface area contributed by atoms with E-state index in [-0.39, 0.29) is 24.2 Å². The van der Waals surface area contributed by atoms with Crippen molar-refractivity contribution in [3.05, 3.63) is 53.3 Å². The standard InChI is InChI=1S/C20H27N5O2.ClH/c1-15-4-6-16(7-5-15)12-18(26)24-8-10-25(11-9-24)20(27)19(21-2)17-13-22-23(3)14-17;/h4-7,13-14,19,21H,8-12H2,1-3H3;1H. The molecule has 0 bridgehead atoms. The summed E-state index contributed by atoms with van der Waals surface area (Å²) >= 11 is 0. The molecule has 1 aromatic carbocycles. The molecule has 1 aliphatic rings. The highest BCUT2D eigenvalue weighted by molar-refractivity contribution is 5.85. The molecule has 1 saturated heterocycles. The number of carbonyl (C=O) groups excluding carboxylic acids is 2. The van der Waals surface area contributed by atoms with Gasteiger partial charge in [-0.1, -0.05) is 29.8 Å². The number of benzene rings is 1. The van der Waals surface area contributed by atoms with Crippen LogP contribution in [0.25, 0.3) is 0 Å². The lowest BCUT2D eigenvalue weighted by atomic mass is 10.1. The number of piperazine rings is 1. The molecule has 1 fully saturated rings. The molecule has 0 aliphatic carbocycles.